The largest absolute Gasteiger partial charge is 0.372 e. The Hall–Kier alpha value is -1.65. The Morgan fingerprint density at radius 2 is 2.33 bits per heavy atom. The highest BCUT2D eigenvalue weighted by Gasteiger charge is 2.25. The maximum Gasteiger partial charge on any atom is 0.255 e. The second-order valence-electron chi connectivity index (χ2n) is 4.85. The van der Waals surface area contributed by atoms with Crippen LogP contribution in [0.4, 0.5) is 10.2 Å². The molecule has 1 saturated carbocycles. The van der Waals surface area contributed by atoms with E-state index in [-0.39, 0.29) is 17.5 Å². The van der Waals surface area contributed by atoms with Crippen LogP contribution in [0.1, 0.15) is 36.5 Å². The van der Waals surface area contributed by atoms with Gasteiger partial charge in [-0.15, -0.1) is 0 Å². The average Bonchev–Trinajstić information content (AvgIpc) is 3.12. The van der Waals surface area contributed by atoms with Crippen LogP contribution in [-0.4, -0.2) is 24.0 Å². The van der Waals surface area contributed by atoms with Crippen molar-refractivity contribution in [1.82, 2.24) is 10.3 Å². The summed E-state index contributed by atoms with van der Waals surface area (Å²) in [6.45, 7) is 1.97. The van der Waals surface area contributed by atoms with E-state index < -0.39 is 5.82 Å². The number of nitrogens with one attached hydrogen (secondary N) is 2. The molecule has 98 valence electrons. The van der Waals surface area contributed by atoms with Crippen LogP contribution in [0.3, 0.4) is 0 Å². The molecule has 0 aromatic carbocycles. The predicted octanol–water partition coefficient (Wildman–Crippen LogP) is 2.18. The molecule has 1 aliphatic rings. The standard InChI is InChI=1S/C13H18FN3O/c1-8(5-9-3-4-9)17-13(18)11-6-10(14)7-16-12(11)15-2/h6-9H,3-5H2,1-2H3,(H,15,16)(H,17,18). The molecule has 0 saturated heterocycles. The lowest BCUT2D eigenvalue weighted by Crippen LogP contribution is -2.33. The number of hydrogen-bond donors (Lipinski definition) is 2. The van der Waals surface area contributed by atoms with Crippen LogP contribution in [-0.2, 0) is 0 Å². The fourth-order valence-corrected chi connectivity index (χ4v) is 2.03. The first-order valence-corrected chi connectivity index (χ1v) is 6.24. The van der Waals surface area contributed by atoms with Gasteiger partial charge < -0.3 is 10.6 Å². The van der Waals surface area contributed by atoms with Crippen LogP contribution < -0.4 is 10.6 Å². The van der Waals surface area contributed by atoms with E-state index in [4.69, 9.17) is 0 Å². The summed E-state index contributed by atoms with van der Waals surface area (Å²) in [5.41, 5.74) is 0.250. The molecule has 1 heterocycles. The Morgan fingerprint density at radius 3 is 2.94 bits per heavy atom. The molecule has 4 nitrogen and oxygen atoms in total. The topological polar surface area (TPSA) is 54.0 Å². The zero-order chi connectivity index (χ0) is 13.1. The van der Waals surface area contributed by atoms with Crippen LogP contribution in [0, 0.1) is 11.7 Å². The lowest BCUT2D eigenvalue weighted by Gasteiger charge is -2.14. The van der Waals surface area contributed by atoms with Crippen molar-refractivity contribution in [2.45, 2.75) is 32.2 Å². The zero-order valence-corrected chi connectivity index (χ0v) is 10.7. The molecule has 0 aliphatic heterocycles. The summed E-state index contributed by atoms with van der Waals surface area (Å²) >= 11 is 0. The Morgan fingerprint density at radius 1 is 1.61 bits per heavy atom. The minimum atomic E-state index is -0.506. The summed E-state index contributed by atoms with van der Waals surface area (Å²) in [6.07, 6.45) is 4.59. The van der Waals surface area contributed by atoms with E-state index >= 15 is 0 Å². The quantitative estimate of drug-likeness (QED) is 0.843. The molecule has 0 radical (unpaired) electrons. The number of nitrogens with zero attached hydrogens (tertiary/aromatic N) is 1. The molecule has 18 heavy (non-hydrogen) atoms. The van der Waals surface area contributed by atoms with Gasteiger partial charge in [0.25, 0.3) is 5.91 Å². The number of halogens is 1. The van der Waals surface area contributed by atoms with Gasteiger partial charge in [-0.3, -0.25) is 4.79 Å². The van der Waals surface area contributed by atoms with Crippen molar-refractivity contribution >= 4 is 11.7 Å². The van der Waals surface area contributed by atoms with Crippen molar-refractivity contribution in [3.8, 4) is 0 Å². The van der Waals surface area contributed by atoms with Gasteiger partial charge in [-0.25, -0.2) is 9.37 Å². The lowest BCUT2D eigenvalue weighted by atomic mass is 10.1. The van der Waals surface area contributed by atoms with Crippen LogP contribution >= 0.6 is 0 Å². The Bertz CT molecular complexity index is 446. The molecular formula is C13H18FN3O. The Kier molecular flexibility index (Phi) is 3.79. The van der Waals surface area contributed by atoms with Gasteiger partial charge in [0, 0.05) is 13.1 Å². The van der Waals surface area contributed by atoms with Crippen LogP contribution in [0.2, 0.25) is 0 Å². The molecular weight excluding hydrogens is 233 g/mol. The first-order chi connectivity index (χ1) is 8.60. The number of rotatable bonds is 5. The number of anilines is 1. The minimum Gasteiger partial charge on any atom is -0.372 e. The second-order valence-corrected chi connectivity index (χ2v) is 4.85. The average molecular weight is 251 g/mol. The van der Waals surface area contributed by atoms with E-state index in [2.05, 4.69) is 15.6 Å². The summed E-state index contributed by atoms with van der Waals surface area (Å²) in [6, 6.07) is 1.32. The Labute approximate surface area is 106 Å². The first-order valence-electron chi connectivity index (χ1n) is 6.24. The van der Waals surface area contributed by atoms with Gasteiger partial charge in [-0.1, -0.05) is 12.8 Å². The van der Waals surface area contributed by atoms with Gasteiger partial charge in [0.05, 0.1) is 11.8 Å². The van der Waals surface area contributed by atoms with Gasteiger partial charge in [0.1, 0.15) is 11.6 Å². The number of pyridine rings is 1. The summed E-state index contributed by atoms with van der Waals surface area (Å²) in [4.78, 5) is 15.9. The zero-order valence-electron chi connectivity index (χ0n) is 10.7. The third-order valence-electron chi connectivity index (χ3n) is 3.10. The molecule has 0 bridgehead atoms. The van der Waals surface area contributed by atoms with Crippen LogP contribution in [0.5, 0.6) is 0 Å². The van der Waals surface area contributed by atoms with Gasteiger partial charge in [-0.05, 0) is 25.3 Å². The maximum absolute atomic E-state index is 13.1. The summed E-state index contributed by atoms with van der Waals surface area (Å²) in [5.74, 6) is 0.357. The molecule has 1 atom stereocenters. The van der Waals surface area contributed by atoms with Crippen molar-refractivity contribution < 1.29 is 9.18 Å². The van der Waals surface area contributed by atoms with Gasteiger partial charge in [0.2, 0.25) is 0 Å². The van der Waals surface area contributed by atoms with Gasteiger partial charge in [-0.2, -0.15) is 0 Å². The predicted molar refractivity (Wildman–Crippen MR) is 68.0 cm³/mol. The highest BCUT2D eigenvalue weighted by molar-refractivity contribution is 5.98. The molecule has 1 aliphatic carbocycles. The smallest absolute Gasteiger partial charge is 0.255 e. The molecule has 1 aromatic heterocycles. The maximum atomic E-state index is 13.1. The number of carbonyl (C=O) groups excluding carboxylic acids is 1. The van der Waals surface area contributed by atoms with E-state index in [1.165, 1.54) is 18.9 Å². The number of amides is 1. The molecule has 1 aromatic rings. The van der Waals surface area contributed by atoms with E-state index in [1.807, 2.05) is 6.92 Å². The SMILES string of the molecule is CNc1ncc(F)cc1C(=O)NC(C)CC1CC1. The third kappa shape index (κ3) is 3.18. The van der Waals surface area contributed by atoms with Gasteiger partial charge >= 0.3 is 0 Å². The van der Waals surface area contributed by atoms with Crippen molar-refractivity contribution in [2.75, 3.05) is 12.4 Å². The summed E-state index contributed by atoms with van der Waals surface area (Å²) < 4.78 is 13.1. The number of aromatic nitrogens is 1. The normalized spacial score (nSPS) is 16.2. The van der Waals surface area contributed by atoms with E-state index in [1.54, 1.807) is 7.05 Å². The molecule has 2 N–H and O–H groups in total. The highest BCUT2D eigenvalue weighted by atomic mass is 19.1. The second kappa shape index (κ2) is 5.33. The molecule has 5 heteroatoms. The number of carbonyl (C=O) groups is 1. The van der Waals surface area contributed by atoms with E-state index in [9.17, 15) is 9.18 Å². The Balaban J connectivity index is 2.04. The fourth-order valence-electron chi connectivity index (χ4n) is 2.03. The molecule has 1 unspecified atom stereocenters. The summed E-state index contributed by atoms with van der Waals surface area (Å²) in [7, 11) is 1.66. The monoisotopic (exact) mass is 251 g/mol. The van der Waals surface area contributed by atoms with Gasteiger partial charge in [0.15, 0.2) is 0 Å². The molecule has 0 spiro atoms. The molecule has 2 rings (SSSR count). The first kappa shape index (κ1) is 12.8. The minimum absolute atomic E-state index is 0.109. The summed E-state index contributed by atoms with van der Waals surface area (Å²) in [5, 5.41) is 5.68. The molecule has 1 amide bonds. The third-order valence-corrected chi connectivity index (χ3v) is 3.10. The van der Waals surface area contributed by atoms with Crippen molar-refractivity contribution in [3.63, 3.8) is 0 Å². The van der Waals surface area contributed by atoms with Crippen LogP contribution in [0.25, 0.3) is 0 Å². The van der Waals surface area contributed by atoms with Crippen molar-refractivity contribution in [3.05, 3.63) is 23.6 Å². The number of hydrogen-bond acceptors (Lipinski definition) is 3. The van der Waals surface area contributed by atoms with Crippen molar-refractivity contribution in [2.24, 2.45) is 5.92 Å². The van der Waals surface area contributed by atoms with Crippen LogP contribution in [0.15, 0.2) is 12.3 Å². The molecule has 1 fully saturated rings. The van der Waals surface area contributed by atoms with E-state index in [0.717, 1.165) is 18.5 Å². The van der Waals surface area contributed by atoms with Crippen molar-refractivity contribution in [1.29, 1.82) is 0 Å². The van der Waals surface area contributed by atoms with E-state index in [0.29, 0.717) is 5.82 Å². The fraction of sp³-hybridized carbons (Fsp3) is 0.538. The highest BCUT2D eigenvalue weighted by Crippen LogP contribution is 2.33. The lowest BCUT2D eigenvalue weighted by molar-refractivity contribution is 0.0937.